The highest BCUT2D eigenvalue weighted by Gasteiger charge is 2.22. The van der Waals surface area contributed by atoms with Crippen molar-refractivity contribution in [3.05, 3.63) is 36.2 Å². The van der Waals surface area contributed by atoms with E-state index in [0.29, 0.717) is 5.88 Å². The SMILES string of the molecule is Nc1ccc2c(c1)CCN2c1cc(OC2CCNCC2)ncn1. The molecular formula is C17H21N5O. The van der Waals surface area contributed by atoms with Crippen LogP contribution in [0.3, 0.4) is 0 Å². The molecule has 0 radical (unpaired) electrons. The van der Waals surface area contributed by atoms with Gasteiger partial charge < -0.3 is 20.7 Å². The summed E-state index contributed by atoms with van der Waals surface area (Å²) in [6, 6.07) is 7.98. The number of piperidine rings is 1. The Morgan fingerprint density at radius 3 is 2.91 bits per heavy atom. The summed E-state index contributed by atoms with van der Waals surface area (Å²) in [5.41, 5.74) is 9.12. The molecule has 1 aromatic heterocycles. The maximum Gasteiger partial charge on any atom is 0.218 e. The van der Waals surface area contributed by atoms with Crippen molar-refractivity contribution in [3.8, 4) is 5.88 Å². The fraction of sp³-hybridized carbons (Fsp3) is 0.412. The van der Waals surface area contributed by atoms with Gasteiger partial charge >= 0.3 is 0 Å². The first-order valence-electron chi connectivity index (χ1n) is 8.15. The molecule has 0 bridgehead atoms. The minimum Gasteiger partial charge on any atom is -0.474 e. The third kappa shape index (κ3) is 2.94. The van der Waals surface area contributed by atoms with E-state index in [0.717, 1.165) is 50.4 Å². The monoisotopic (exact) mass is 311 g/mol. The van der Waals surface area contributed by atoms with Gasteiger partial charge in [-0.15, -0.1) is 0 Å². The summed E-state index contributed by atoms with van der Waals surface area (Å²) in [5.74, 6) is 1.54. The maximum atomic E-state index is 6.02. The smallest absolute Gasteiger partial charge is 0.218 e. The first-order chi connectivity index (χ1) is 11.3. The van der Waals surface area contributed by atoms with Crippen LogP contribution in [0.5, 0.6) is 5.88 Å². The fourth-order valence-corrected chi connectivity index (χ4v) is 3.29. The topological polar surface area (TPSA) is 76.3 Å². The van der Waals surface area contributed by atoms with Crippen molar-refractivity contribution in [3.63, 3.8) is 0 Å². The Labute approximate surface area is 135 Å². The lowest BCUT2D eigenvalue weighted by atomic mass is 10.1. The van der Waals surface area contributed by atoms with E-state index in [9.17, 15) is 0 Å². The summed E-state index contributed by atoms with van der Waals surface area (Å²) in [7, 11) is 0. The van der Waals surface area contributed by atoms with Gasteiger partial charge in [0.25, 0.3) is 0 Å². The Hall–Kier alpha value is -2.34. The van der Waals surface area contributed by atoms with Crippen LogP contribution in [0.1, 0.15) is 18.4 Å². The second kappa shape index (κ2) is 6.04. The number of ether oxygens (including phenoxy) is 1. The second-order valence-corrected chi connectivity index (χ2v) is 6.07. The largest absolute Gasteiger partial charge is 0.474 e. The van der Waals surface area contributed by atoms with Crippen LogP contribution in [0.15, 0.2) is 30.6 Å². The number of rotatable bonds is 3. The summed E-state index contributed by atoms with van der Waals surface area (Å²) in [6.45, 7) is 2.91. The van der Waals surface area contributed by atoms with Crippen LogP contribution in [0.2, 0.25) is 0 Å². The number of nitrogens with one attached hydrogen (secondary N) is 1. The minimum absolute atomic E-state index is 0.240. The molecule has 0 atom stereocenters. The lowest BCUT2D eigenvalue weighted by molar-refractivity contribution is 0.156. The summed E-state index contributed by atoms with van der Waals surface area (Å²) in [4.78, 5) is 10.9. The van der Waals surface area contributed by atoms with E-state index in [1.165, 1.54) is 11.3 Å². The molecule has 2 aliphatic heterocycles. The van der Waals surface area contributed by atoms with Crippen LogP contribution in [0, 0.1) is 0 Å². The van der Waals surface area contributed by atoms with Gasteiger partial charge in [0.2, 0.25) is 5.88 Å². The second-order valence-electron chi connectivity index (χ2n) is 6.07. The predicted octanol–water partition coefficient (Wildman–Crippen LogP) is 1.88. The summed E-state index contributed by atoms with van der Waals surface area (Å²) >= 11 is 0. The molecule has 3 N–H and O–H groups in total. The maximum absolute atomic E-state index is 6.02. The minimum atomic E-state index is 0.240. The number of hydrogen-bond donors (Lipinski definition) is 2. The molecule has 23 heavy (non-hydrogen) atoms. The van der Waals surface area contributed by atoms with Gasteiger partial charge in [-0.25, -0.2) is 9.97 Å². The molecule has 1 fully saturated rings. The van der Waals surface area contributed by atoms with E-state index in [2.05, 4.69) is 26.3 Å². The van der Waals surface area contributed by atoms with Crippen molar-refractivity contribution >= 4 is 17.2 Å². The first kappa shape index (κ1) is 14.3. The highest BCUT2D eigenvalue weighted by molar-refractivity contribution is 5.70. The molecule has 2 aliphatic rings. The van der Waals surface area contributed by atoms with Crippen molar-refractivity contribution in [2.24, 2.45) is 0 Å². The van der Waals surface area contributed by atoms with Crippen molar-refractivity contribution in [1.29, 1.82) is 0 Å². The average Bonchev–Trinajstić information content (AvgIpc) is 2.99. The number of hydrogen-bond acceptors (Lipinski definition) is 6. The zero-order valence-corrected chi connectivity index (χ0v) is 13.0. The standard InChI is InChI=1S/C17H21N5O/c18-13-1-2-15-12(9-13)5-8-22(15)16-10-17(21-11-20-16)23-14-3-6-19-7-4-14/h1-2,9-11,14,19H,3-8,18H2. The van der Waals surface area contributed by atoms with E-state index in [4.69, 9.17) is 10.5 Å². The van der Waals surface area contributed by atoms with E-state index >= 15 is 0 Å². The number of anilines is 3. The number of nitrogen functional groups attached to an aromatic ring is 1. The van der Waals surface area contributed by atoms with Crippen LogP contribution in [0.25, 0.3) is 0 Å². The van der Waals surface area contributed by atoms with Crippen LogP contribution in [-0.2, 0) is 6.42 Å². The zero-order chi connectivity index (χ0) is 15.6. The molecule has 6 nitrogen and oxygen atoms in total. The fourth-order valence-electron chi connectivity index (χ4n) is 3.29. The van der Waals surface area contributed by atoms with Crippen molar-refractivity contribution < 1.29 is 4.74 Å². The molecule has 2 aromatic rings. The number of nitrogens with two attached hydrogens (primary N) is 1. The van der Waals surface area contributed by atoms with Crippen LogP contribution < -0.4 is 20.7 Å². The molecule has 1 aromatic carbocycles. The Morgan fingerprint density at radius 1 is 1.17 bits per heavy atom. The van der Waals surface area contributed by atoms with Crippen LogP contribution in [-0.4, -0.2) is 35.7 Å². The highest BCUT2D eigenvalue weighted by Crippen LogP contribution is 2.35. The Kier molecular flexibility index (Phi) is 3.75. The van der Waals surface area contributed by atoms with Crippen molar-refractivity contribution in [2.75, 3.05) is 30.3 Å². The van der Waals surface area contributed by atoms with Crippen molar-refractivity contribution in [2.45, 2.75) is 25.4 Å². The first-order valence-corrected chi connectivity index (χ1v) is 8.15. The van der Waals surface area contributed by atoms with E-state index in [1.807, 2.05) is 18.2 Å². The molecule has 1 saturated heterocycles. The molecule has 0 amide bonds. The normalized spacial score (nSPS) is 18.0. The molecule has 6 heteroatoms. The third-order valence-electron chi connectivity index (χ3n) is 4.48. The van der Waals surface area contributed by atoms with Gasteiger partial charge in [0.1, 0.15) is 18.2 Å². The summed E-state index contributed by atoms with van der Waals surface area (Å²) in [6.07, 6.45) is 4.84. The molecular weight excluding hydrogens is 290 g/mol. The lowest BCUT2D eigenvalue weighted by Gasteiger charge is -2.24. The van der Waals surface area contributed by atoms with Gasteiger partial charge in [0.15, 0.2) is 0 Å². The number of fused-ring (bicyclic) bond motifs is 1. The van der Waals surface area contributed by atoms with Crippen LogP contribution >= 0.6 is 0 Å². The van der Waals surface area contributed by atoms with Crippen LogP contribution in [0.4, 0.5) is 17.2 Å². The zero-order valence-electron chi connectivity index (χ0n) is 13.0. The molecule has 120 valence electrons. The van der Waals surface area contributed by atoms with Gasteiger partial charge in [-0.05, 0) is 56.1 Å². The molecule has 3 heterocycles. The molecule has 0 unspecified atom stereocenters. The third-order valence-corrected chi connectivity index (χ3v) is 4.48. The molecule has 0 saturated carbocycles. The van der Waals surface area contributed by atoms with E-state index < -0.39 is 0 Å². The Bertz CT molecular complexity index is 699. The van der Waals surface area contributed by atoms with E-state index in [-0.39, 0.29) is 6.10 Å². The number of nitrogens with zero attached hydrogens (tertiary/aromatic N) is 3. The van der Waals surface area contributed by atoms with E-state index in [1.54, 1.807) is 6.33 Å². The quantitative estimate of drug-likeness (QED) is 0.843. The summed E-state index contributed by atoms with van der Waals surface area (Å²) < 4.78 is 6.02. The molecule has 0 aliphatic carbocycles. The number of benzene rings is 1. The summed E-state index contributed by atoms with van der Waals surface area (Å²) in [5, 5.41) is 3.34. The average molecular weight is 311 g/mol. The predicted molar refractivity (Wildman–Crippen MR) is 90.1 cm³/mol. The Balaban J connectivity index is 1.55. The number of aromatic nitrogens is 2. The van der Waals surface area contributed by atoms with Gasteiger partial charge in [-0.2, -0.15) is 0 Å². The lowest BCUT2D eigenvalue weighted by Crippen LogP contribution is -2.34. The van der Waals surface area contributed by atoms with Gasteiger partial charge in [-0.1, -0.05) is 0 Å². The molecule has 0 spiro atoms. The Morgan fingerprint density at radius 2 is 2.04 bits per heavy atom. The van der Waals surface area contributed by atoms with Gasteiger partial charge in [0, 0.05) is 24.0 Å². The van der Waals surface area contributed by atoms with Gasteiger partial charge in [-0.3, -0.25) is 0 Å². The van der Waals surface area contributed by atoms with Gasteiger partial charge in [0.05, 0.1) is 0 Å². The highest BCUT2D eigenvalue weighted by atomic mass is 16.5. The molecule has 4 rings (SSSR count). The van der Waals surface area contributed by atoms with Crippen molar-refractivity contribution in [1.82, 2.24) is 15.3 Å².